The molecule has 0 aliphatic heterocycles. The van der Waals surface area contributed by atoms with Crippen molar-refractivity contribution in [2.24, 2.45) is 0 Å². The summed E-state index contributed by atoms with van der Waals surface area (Å²) in [5.41, 5.74) is 2.01. The van der Waals surface area contributed by atoms with Crippen molar-refractivity contribution in [3.05, 3.63) is 71.3 Å². The Kier molecular flexibility index (Phi) is 3.33. The number of ketones is 1. The van der Waals surface area contributed by atoms with Gasteiger partial charge in [0.1, 0.15) is 6.10 Å². The van der Waals surface area contributed by atoms with E-state index in [2.05, 4.69) is 0 Å². The molecule has 0 radical (unpaired) electrons. The second-order valence-corrected chi connectivity index (χ2v) is 4.81. The Morgan fingerprint density at radius 2 is 1.70 bits per heavy atom. The van der Waals surface area contributed by atoms with Crippen molar-refractivity contribution >= 4 is 11.8 Å². The van der Waals surface area contributed by atoms with Gasteiger partial charge in [0.25, 0.3) is 0 Å². The normalized spacial score (nSPS) is 17.4. The molecule has 20 heavy (non-hydrogen) atoms. The van der Waals surface area contributed by atoms with Crippen LogP contribution in [0.25, 0.3) is 0 Å². The monoisotopic (exact) mass is 266 g/mol. The standard InChI is InChI=1S/C17H14O3/c18-15-10-11-16(14-9-5-4-8-13(14)15)20-17(19)12-6-2-1-3-7-12/h1-9,16H,10-11H2/t16-/m0/s1. The van der Waals surface area contributed by atoms with Gasteiger partial charge in [0.15, 0.2) is 5.78 Å². The van der Waals surface area contributed by atoms with Crippen molar-refractivity contribution in [1.29, 1.82) is 0 Å². The molecule has 0 aromatic heterocycles. The van der Waals surface area contributed by atoms with Gasteiger partial charge in [0.2, 0.25) is 0 Å². The Morgan fingerprint density at radius 1 is 1.00 bits per heavy atom. The van der Waals surface area contributed by atoms with Crippen LogP contribution in [0.5, 0.6) is 0 Å². The zero-order valence-corrected chi connectivity index (χ0v) is 10.9. The van der Waals surface area contributed by atoms with Crippen LogP contribution in [0.2, 0.25) is 0 Å². The molecule has 0 heterocycles. The highest BCUT2D eigenvalue weighted by atomic mass is 16.5. The Balaban J connectivity index is 1.84. The van der Waals surface area contributed by atoms with Crippen LogP contribution < -0.4 is 0 Å². The first kappa shape index (κ1) is 12.6. The summed E-state index contributed by atoms with van der Waals surface area (Å²) in [6.07, 6.45) is 0.634. The molecule has 3 heteroatoms. The van der Waals surface area contributed by atoms with Crippen molar-refractivity contribution in [1.82, 2.24) is 0 Å². The number of carbonyl (C=O) groups excluding carboxylic acids is 2. The lowest BCUT2D eigenvalue weighted by Gasteiger charge is -2.24. The number of benzene rings is 2. The van der Waals surface area contributed by atoms with E-state index >= 15 is 0 Å². The number of Topliss-reactive ketones (excluding diaryl/α,β-unsaturated/α-hetero) is 1. The number of ether oxygens (including phenoxy) is 1. The molecule has 2 aromatic rings. The average molecular weight is 266 g/mol. The summed E-state index contributed by atoms with van der Waals surface area (Å²) in [5.74, 6) is -0.229. The molecule has 0 bridgehead atoms. The molecule has 0 saturated heterocycles. The molecule has 0 unspecified atom stereocenters. The predicted molar refractivity (Wildman–Crippen MR) is 74.6 cm³/mol. The third-order valence-corrected chi connectivity index (χ3v) is 3.50. The number of esters is 1. The Morgan fingerprint density at radius 3 is 2.50 bits per heavy atom. The Labute approximate surface area is 117 Å². The topological polar surface area (TPSA) is 43.4 Å². The van der Waals surface area contributed by atoms with Gasteiger partial charge in [-0.2, -0.15) is 0 Å². The minimum atomic E-state index is -0.347. The zero-order valence-electron chi connectivity index (χ0n) is 10.9. The molecule has 1 atom stereocenters. The predicted octanol–water partition coefficient (Wildman–Crippen LogP) is 3.56. The van der Waals surface area contributed by atoms with Gasteiger partial charge in [-0.05, 0) is 18.6 Å². The fourth-order valence-corrected chi connectivity index (χ4v) is 2.48. The van der Waals surface area contributed by atoms with E-state index in [1.165, 1.54) is 0 Å². The zero-order chi connectivity index (χ0) is 13.9. The van der Waals surface area contributed by atoms with Crippen LogP contribution in [-0.2, 0) is 4.74 Å². The molecule has 2 aromatic carbocycles. The van der Waals surface area contributed by atoms with Crippen molar-refractivity contribution in [3.63, 3.8) is 0 Å². The van der Waals surface area contributed by atoms with Gasteiger partial charge < -0.3 is 4.74 Å². The van der Waals surface area contributed by atoms with Crippen LogP contribution >= 0.6 is 0 Å². The molecule has 0 spiro atoms. The van der Waals surface area contributed by atoms with Crippen LogP contribution in [0.1, 0.15) is 45.2 Å². The van der Waals surface area contributed by atoms with E-state index in [4.69, 9.17) is 4.74 Å². The molecular formula is C17H14O3. The minimum Gasteiger partial charge on any atom is -0.454 e. The summed E-state index contributed by atoms with van der Waals surface area (Å²) in [7, 11) is 0. The number of fused-ring (bicyclic) bond motifs is 1. The molecule has 3 rings (SSSR count). The van der Waals surface area contributed by atoms with E-state index in [0.717, 1.165) is 5.56 Å². The summed E-state index contributed by atoms with van der Waals surface area (Å²) in [6, 6.07) is 16.2. The second kappa shape index (κ2) is 5.29. The molecule has 3 nitrogen and oxygen atoms in total. The van der Waals surface area contributed by atoms with Crippen LogP contribution in [-0.4, -0.2) is 11.8 Å². The highest BCUT2D eigenvalue weighted by Crippen LogP contribution is 2.32. The third-order valence-electron chi connectivity index (χ3n) is 3.50. The average Bonchev–Trinajstić information content (AvgIpc) is 2.51. The lowest BCUT2D eigenvalue weighted by Crippen LogP contribution is -2.20. The van der Waals surface area contributed by atoms with Gasteiger partial charge in [-0.1, -0.05) is 42.5 Å². The van der Waals surface area contributed by atoms with Crippen LogP contribution in [0.4, 0.5) is 0 Å². The lowest BCUT2D eigenvalue weighted by atomic mass is 9.88. The number of rotatable bonds is 2. The molecular weight excluding hydrogens is 252 g/mol. The molecule has 0 N–H and O–H groups in total. The third kappa shape index (κ3) is 2.35. The van der Waals surface area contributed by atoms with Crippen LogP contribution in [0, 0.1) is 0 Å². The first-order chi connectivity index (χ1) is 9.75. The summed E-state index contributed by atoms with van der Waals surface area (Å²) in [6.45, 7) is 0. The Bertz CT molecular complexity index is 646. The highest BCUT2D eigenvalue weighted by molar-refractivity contribution is 5.99. The van der Waals surface area contributed by atoms with E-state index in [1.807, 2.05) is 24.3 Å². The largest absolute Gasteiger partial charge is 0.454 e. The molecule has 1 aliphatic rings. The van der Waals surface area contributed by atoms with E-state index < -0.39 is 0 Å². The van der Waals surface area contributed by atoms with Crippen molar-refractivity contribution in [2.75, 3.05) is 0 Å². The maximum absolute atomic E-state index is 12.1. The van der Waals surface area contributed by atoms with Crippen molar-refractivity contribution in [2.45, 2.75) is 18.9 Å². The quantitative estimate of drug-likeness (QED) is 0.780. The molecule has 1 aliphatic carbocycles. The number of hydrogen-bond donors (Lipinski definition) is 0. The maximum atomic E-state index is 12.1. The summed E-state index contributed by atoms with van der Waals surface area (Å²) < 4.78 is 5.56. The maximum Gasteiger partial charge on any atom is 0.338 e. The molecule has 0 fully saturated rings. The van der Waals surface area contributed by atoms with Crippen LogP contribution in [0.15, 0.2) is 54.6 Å². The van der Waals surface area contributed by atoms with Crippen molar-refractivity contribution < 1.29 is 14.3 Å². The molecule has 0 saturated carbocycles. The summed E-state index contributed by atoms with van der Waals surface area (Å²) in [5, 5.41) is 0. The second-order valence-electron chi connectivity index (χ2n) is 4.81. The minimum absolute atomic E-state index is 0.118. The van der Waals surface area contributed by atoms with E-state index in [1.54, 1.807) is 30.3 Å². The molecule has 100 valence electrons. The van der Waals surface area contributed by atoms with Gasteiger partial charge in [-0.25, -0.2) is 4.79 Å². The SMILES string of the molecule is O=C(O[C@H]1CCC(=O)c2ccccc21)c1ccccc1. The smallest absolute Gasteiger partial charge is 0.338 e. The lowest BCUT2D eigenvalue weighted by molar-refractivity contribution is 0.0253. The van der Waals surface area contributed by atoms with E-state index in [0.29, 0.717) is 24.0 Å². The summed E-state index contributed by atoms with van der Waals surface area (Å²) >= 11 is 0. The Hall–Kier alpha value is -2.42. The first-order valence-corrected chi connectivity index (χ1v) is 6.64. The molecule has 0 amide bonds. The van der Waals surface area contributed by atoms with Gasteiger partial charge in [0.05, 0.1) is 5.56 Å². The van der Waals surface area contributed by atoms with Gasteiger partial charge in [-0.3, -0.25) is 4.79 Å². The fraction of sp³-hybridized carbons (Fsp3) is 0.176. The fourth-order valence-electron chi connectivity index (χ4n) is 2.48. The summed E-state index contributed by atoms with van der Waals surface area (Å²) in [4.78, 5) is 23.9. The highest BCUT2D eigenvalue weighted by Gasteiger charge is 2.28. The van der Waals surface area contributed by atoms with E-state index in [-0.39, 0.29) is 17.9 Å². The number of hydrogen-bond acceptors (Lipinski definition) is 3. The van der Waals surface area contributed by atoms with Gasteiger partial charge in [0, 0.05) is 17.5 Å². The van der Waals surface area contributed by atoms with E-state index in [9.17, 15) is 9.59 Å². The number of carbonyl (C=O) groups is 2. The van der Waals surface area contributed by atoms with Crippen LogP contribution in [0.3, 0.4) is 0 Å². The van der Waals surface area contributed by atoms with Gasteiger partial charge >= 0.3 is 5.97 Å². The van der Waals surface area contributed by atoms with Gasteiger partial charge in [-0.15, -0.1) is 0 Å². The first-order valence-electron chi connectivity index (χ1n) is 6.64. The van der Waals surface area contributed by atoms with Crippen molar-refractivity contribution in [3.8, 4) is 0 Å².